The van der Waals surface area contributed by atoms with Crippen LogP contribution in [0.25, 0.3) is 6.08 Å². The standard InChI is InChI=1S/C18H17BrClNO4/c1-23-15-6-5-12(19)8-11(15)4-7-18(22)21-14-10-16(24-2)13(20)9-17(14)25-3/h4-10H,1-3H3,(H,21,22)/b7-4+. The summed E-state index contributed by atoms with van der Waals surface area (Å²) in [5, 5.41) is 3.14. The van der Waals surface area contributed by atoms with Gasteiger partial charge in [-0.15, -0.1) is 0 Å². The summed E-state index contributed by atoms with van der Waals surface area (Å²) in [6.07, 6.45) is 3.07. The van der Waals surface area contributed by atoms with Crippen LogP contribution >= 0.6 is 27.5 Å². The lowest BCUT2D eigenvalue weighted by atomic mass is 10.2. The van der Waals surface area contributed by atoms with Gasteiger partial charge in [-0.25, -0.2) is 0 Å². The minimum atomic E-state index is -0.329. The van der Waals surface area contributed by atoms with E-state index >= 15 is 0 Å². The third-order valence-corrected chi connectivity index (χ3v) is 4.13. The van der Waals surface area contributed by atoms with Gasteiger partial charge in [0.2, 0.25) is 5.91 Å². The molecule has 0 heterocycles. The van der Waals surface area contributed by atoms with Crippen molar-refractivity contribution in [2.75, 3.05) is 26.6 Å². The molecule has 0 saturated carbocycles. The Labute approximate surface area is 159 Å². The van der Waals surface area contributed by atoms with Gasteiger partial charge in [0.25, 0.3) is 0 Å². The first-order valence-corrected chi connectivity index (χ1v) is 8.39. The minimum absolute atomic E-state index is 0.329. The number of benzene rings is 2. The molecule has 1 amide bonds. The van der Waals surface area contributed by atoms with E-state index in [9.17, 15) is 4.79 Å². The number of carbonyl (C=O) groups excluding carboxylic acids is 1. The Bertz CT molecular complexity index is 808. The third-order valence-electron chi connectivity index (χ3n) is 3.34. The van der Waals surface area contributed by atoms with Gasteiger partial charge >= 0.3 is 0 Å². The number of rotatable bonds is 6. The van der Waals surface area contributed by atoms with Gasteiger partial charge in [0, 0.05) is 28.2 Å². The van der Waals surface area contributed by atoms with Crippen molar-refractivity contribution >= 4 is 45.2 Å². The number of hydrogen-bond donors (Lipinski definition) is 1. The van der Waals surface area contributed by atoms with Crippen molar-refractivity contribution in [2.45, 2.75) is 0 Å². The number of halogens is 2. The molecule has 0 bridgehead atoms. The predicted octanol–water partition coefficient (Wildman–Crippen LogP) is 4.78. The van der Waals surface area contributed by atoms with E-state index in [4.69, 9.17) is 25.8 Å². The minimum Gasteiger partial charge on any atom is -0.496 e. The van der Waals surface area contributed by atoms with Crippen molar-refractivity contribution < 1.29 is 19.0 Å². The number of ether oxygens (including phenoxy) is 3. The fourth-order valence-electron chi connectivity index (χ4n) is 2.13. The van der Waals surface area contributed by atoms with Crippen LogP contribution in [-0.4, -0.2) is 27.2 Å². The molecule has 25 heavy (non-hydrogen) atoms. The molecular formula is C18H17BrClNO4. The van der Waals surface area contributed by atoms with E-state index in [1.54, 1.807) is 25.3 Å². The summed E-state index contributed by atoms with van der Waals surface area (Å²) in [5.41, 5.74) is 1.23. The molecule has 0 aliphatic carbocycles. The maximum absolute atomic E-state index is 12.2. The zero-order valence-corrected chi connectivity index (χ0v) is 16.3. The van der Waals surface area contributed by atoms with E-state index in [0.717, 1.165) is 10.0 Å². The quantitative estimate of drug-likeness (QED) is 0.675. The molecule has 0 aliphatic heterocycles. The molecule has 0 aromatic heterocycles. The largest absolute Gasteiger partial charge is 0.496 e. The van der Waals surface area contributed by atoms with E-state index < -0.39 is 0 Å². The van der Waals surface area contributed by atoms with Gasteiger partial charge in [0.05, 0.1) is 32.0 Å². The summed E-state index contributed by atoms with van der Waals surface area (Å²) >= 11 is 9.45. The number of carbonyl (C=O) groups is 1. The zero-order chi connectivity index (χ0) is 18.4. The van der Waals surface area contributed by atoms with Gasteiger partial charge in [-0.1, -0.05) is 27.5 Å². The lowest BCUT2D eigenvalue weighted by Crippen LogP contribution is -2.09. The van der Waals surface area contributed by atoms with Crippen LogP contribution in [0, 0.1) is 0 Å². The summed E-state index contributed by atoms with van der Waals surface area (Å²) < 4.78 is 16.6. The van der Waals surface area contributed by atoms with Gasteiger partial charge in [-0.2, -0.15) is 0 Å². The molecule has 0 atom stereocenters. The van der Waals surface area contributed by atoms with Gasteiger partial charge in [-0.3, -0.25) is 4.79 Å². The Morgan fingerprint density at radius 2 is 1.72 bits per heavy atom. The molecular weight excluding hydrogens is 410 g/mol. The van der Waals surface area contributed by atoms with Crippen molar-refractivity contribution in [3.8, 4) is 17.2 Å². The molecule has 0 radical (unpaired) electrons. The number of anilines is 1. The molecule has 2 aromatic rings. The van der Waals surface area contributed by atoms with Crippen LogP contribution in [-0.2, 0) is 4.79 Å². The van der Waals surface area contributed by atoms with Crippen LogP contribution in [0.15, 0.2) is 40.9 Å². The highest BCUT2D eigenvalue weighted by Gasteiger charge is 2.11. The third kappa shape index (κ3) is 4.90. The van der Waals surface area contributed by atoms with E-state index in [2.05, 4.69) is 21.2 Å². The highest BCUT2D eigenvalue weighted by Crippen LogP contribution is 2.35. The molecule has 1 N–H and O–H groups in total. The van der Waals surface area contributed by atoms with Gasteiger partial charge in [0.15, 0.2) is 0 Å². The topological polar surface area (TPSA) is 56.8 Å². The SMILES string of the molecule is COc1cc(NC(=O)/C=C/c2cc(Br)ccc2OC)c(OC)cc1Cl. The zero-order valence-electron chi connectivity index (χ0n) is 13.9. The second-order valence-corrected chi connectivity index (χ2v) is 6.22. The van der Waals surface area contributed by atoms with Crippen molar-refractivity contribution in [1.29, 1.82) is 0 Å². The number of amides is 1. The molecule has 0 spiro atoms. The van der Waals surface area contributed by atoms with Crippen LogP contribution in [0.4, 0.5) is 5.69 Å². The van der Waals surface area contributed by atoms with Gasteiger partial charge < -0.3 is 19.5 Å². The molecule has 132 valence electrons. The molecule has 2 aromatic carbocycles. The van der Waals surface area contributed by atoms with Crippen LogP contribution < -0.4 is 19.5 Å². The summed E-state index contributed by atoms with van der Waals surface area (Å²) in [4.78, 5) is 12.2. The maximum atomic E-state index is 12.2. The van der Waals surface area contributed by atoms with Crippen LogP contribution in [0.3, 0.4) is 0 Å². The molecule has 2 rings (SSSR count). The first-order chi connectivity index (χ1) is 12.0. The second kappa shape index (κ2) is 8.78. The summed E-state index contributed by atoms with van der Waals surface area (Å²) in [5.74, 6) is 1.21. The lowest BCUT2D eigenvalue weighted by Gasteiger charge is -2.12. The Morgan fingerprint density at radius 3 is 2.36 bits per heavy atom. The fourth-order valence-corrected chi connectivity index (χ4v) is 2.74. The first kappa shape index (κ1) is 19.1. The van der Waals surface area contributed by atoms with E-state index in [-0.39, 0.29) is 5.91 Å². The van der Waals surface area contributed by atoms with E-state index in [1.165, 1.54) is 20.3 Å². The fraction of sp³-hybridized carbons (Fsp3) is 0.167. The van der Waals surface area contributed by atoms with Crippen molar-refractivity contribution in [1.82, 2.24) is 0 Å². The van der Waals surface area contributed by atoms with Crippen molar-refractivity contribution in [3.63, 3.8) is 0 Å². The normalized spacial score (nSPS) is 10.6. The van der Waals surface area contributed by atoms with Gasteiger partial charge in [0.1, 0.15) is 17.2 Å². The Balaban J connectivity index is 2.22. The highest BCUT2D eigenvalue weighted by atomic mass is 79.9. The number of methoxy groups -OCH3 is 3. The highest BCUT2D eigenvalue weighted by molar-refractivity contribution is 9.10. The van der Waals surface area contributed by atoms with Crippen molar-refractivity contribution in [3.05, 3.63) is 51.5 Å². The summed E-state index contributed by atoms with van der Waals surface area (Å²) in [6.45, 7) is 0. The summed E-state index contributed by atoms with van der Waals surface area (Å²) in [6, 6.07) is 8.72. The monoisotopic (exact) mass is 425 g/mol. The molecule has 0 fully saturated rings. The van der Waals surface area contributed by atoms with Crippen molar-refractivity contribution in [2.24, 2.45) is 0 Å². The molecule has 7 heteroatoms. The number of hydrogen-bond acceptors (Lipinski definition) is 4. The summed E-state index contributed by atoms with van der Waals surface area (Å²) in [7, 11) is 4.57. The Morgan fingerprint density at radius 1 is 1.04 bits per heavy atom. The van der Waals surface area contributed by atoms with Crippen LogP contribution in [0.5, 0.6) is 17.2 Å². The van der Waals surface area contributed by atoms with Crippen LogP contribution in [0.2, 0.25) is 5.02 Å². The average Bonchev–Trinajstić information content (AvgIpc) is 2.61. The molecule has 0 unspecified atom stereocenters. The predicted molar refractivity (Wildman–Crippen MR) is 103 cm³/mol. The Kier molecular flexibility index (Phi) is 6.73. The second-order valence-electron chi connectivity index (χ2n) is 4.90. The van der Waals surface area contributed by atoms with E-state index in [1.807, 2.05) is 18.2 Å². The maximum Gasteiger partial charge on any atom is 0.248 e. The molecule has 0 saturated heterocycles. The molecule has 5 nitrogen and oxygen atoms in total. The average molecular weight is 427 g/mol. The lowest BCUT2D eigenvalue weighted by molar-refractivity contribution is -0.111. The number of nitrogens with one attached hydrogen (secondary N) is 1. The van der Waals surface area contributed by atoms with Gasteiger partial charge in [-0.05, 0) is 24.3 Å². The smallest absolute Gasteiger partial charge is 0.248 e. The van der Waals surface area contributed by atoms with Crippen LogP contribution in [0.1, 0.15) is 5.56 Å². The molecule has 0 aliphatic rings. The first-order valence-electron chi connectivity index (χ1n) is 7.22. The van der Waals surface area contributed by atoms with E-state index in [0.29, 0.717) is 28.0 Å². The Hall–Kier alpha value is -2.18.